The Morgan fingerprint density at radius 1 is 1.29 bits per heavy atom. The van der Waals surface area contributed by atoms with Crippen molar-refractivity contribution in [2.75, 3.05) is 47.1 Å². The van der Waals surface area contributed by atoms with Gasteiger partial charge in [0.2, 0.25) is 0 Å². The van der Waals surface area contributed by atoms with Gasteiger partial charge in [0, 0.05) is 31.6 Å². The molecule has 0 saturated carbocycles. The molecular weight excluding hydrogens is 246 g/mol. The number of rotatable bonds is 9. The van der Waals surface area contributed by atoms with Crippen LogP contribution in [0.4, 0.5) is 0 Å². The summed E-state index contributed by atoms with van der Waals surface area (Å²) in [6, 6.07) is 0. The molecule has 0 radical (unpaired) electrons. The molecule has 0 saturated heterocycles. The molecule has 0 spiro atoms. The average Bonchev–Trinajstić information content (AvgIpc) is 2.10. The van der Waals surface area contributed by atoms with Gasteiger partial charge in [-0.2, -0.15) is 0 Å². The number of methoxy groups -OCH3 is 1. The lowest BCUT2D eigenvalue weighted by Gasteiger charge is -2.17. The van der Waals surface area contributed by atoms with Crippen LogP contribution in [0, 0.1) is 0 Å². The van der Waals surface area contributed by atoms with Crippen LogP contribution >= 0.6 is 15.9 Å². The van der Waals surface area contributed by atoms with E-state index >= 15 is 0 Å². The van der Waals surface area contributed by atoms with E-state index in [2.05, 4.69) is 34.8 Å². The van der Waals surface area contributed by atoms with Gasteiger partial charge in [0.05, 0.1) is 13.2 Å². The van der Waals surface area contributed by atoms with Crippen LogP contribution in [0.1, 0.15) is 13.3 Å². The highest BCUT2D eigenvalue weighted by Gasteiger charge is 2.01. The highest BCUT2D eigenvalue weighted by Crippen LogP contribution is 2.00. The van der Waals surface area contributed by atoms with Crippen molar-refractivity contribution < 1.29 is 9.47 Å². The minimum atomic E-state index is 0.557. The molecular formula is C10H22BrNO2. The lowest BCUT2D eigenvalue weighted by molar-refractivity contribution is 0.0663. The molecule has 0 aliphatic carbocycles. The molecule has 0 N–H and O–H groups in total. The van der Waals surface area contributed by atoms with Gasteiger partial charge in [0.15, 0.2) is 0 Å². The highest BCUT2D eigenvalue weighted by atomic mass is 79.9. The first-order valence-electron chi connectivity index (χ1n) is 5.06. The Kier molecular flexibility index (Phi) is 10.2. The normalized spacial score (nSPS) is 13.5. The summed E-state index contributed by atoms with van der Waals surface area (Å²) in [5.41, 5.74) is 0. The van der Waals surface area contributed by atoms with Crippen molar-refractivity contribution in [1.82, 2.24) is 4.90 Å². The third-order valence-electron chi connectivity index (χ3n) is 1.82. The minimum absolute atomic E-state index is 0.557. The maximum absolute atomic E-state index is 5.37. The fourth-order valence-corrected chi connectivity index (χ4v) is 1.70. The first-order chi connectivity index (χ1) is 6.66. The molecule has 0 aromatic rings. The monoisotopic (exact) mass is 267 g/mol. The zero-order valence-electron chi connectivity index (χ0n) is 9.46. The van der Waals surface area contributed by atoms with Crippen LogP contribution in [0.5, 0.6) is 0 Å². The summed E-state index contributed by atoms with van der Waals surface area (Å²) in [6.45, 7) is 6.54. The van der Waals surface area contributed by atoms with Crippen molar-refractivity contribution in [3.05, 3.63) is 0 Å². The summed E-state index contributed by atoms with van der Waals surface area (Å²) < 4.78 is 10.2. The second kappa shape index (κ2) is 9.90. The van der Waals surface area contributed by atoms with E-state index in [1.165, 1.54) is 0 Å². The van der Waals surface area contributed by atoms with E-state index in [1.807, 2.05) is 0 Å². The van der Waals surface area contributed by atoms with E-state index in [1.54, 1.807) is 7.11 Å². The van der Waals surface area contributed by atoms with Gasteiger partial charge < -0.3 is 14.4 Å². The summed E-state index contributed by atoms with van der Waals surface area (Å²) >= 11 is 3.53. The molecule has 86 valence electrons. The third kappa shape index (κ3) is 10.4. The SMILES string of the molecule is COCCOCCCN(C)CC(C)Br. The van der Waals surface area contributed by atoms with Crippen LogP contribution in [0.2, 0.25) is 0 Å². The molecule has 0 aliphatic heterocycles. The molecule has 0 rings (SSSR count). The standard InChI is InChI=1S/C10H22BrNO2/c1-10(11)9-12(2)5-4-6-14-8-7-13-3/h10H,4-9H2,1-3H3. The lowest BCUT2D eigenvalue weighted by Crippen LogP contribution is -2.26. The molecule has 0 amide bonds. The smallest absolute Gasteiger partial charge is 0.0700 e. The van der Waals surface area contributed by atoms with Gasteiger partial charge in [-0.3, -0.25) is 0 Å². The van der Waals surface area contributed by atoms with E-state index in [0.29, 0.717) is 18.0 Å². The van der Waals surface area contributed by atoms with Crippen LogP contribution in [0.3, 0.4) is 0 Å². The summed E-state index contributed by atoms with van der Waals surface area (Å²) in [5, 5.41) is 0. The van der Waals surface area contributed by atoms with Crippen LogP contribution in [0.25, 0.3) is 0 Å². The molecule has 14 heavy (non-hydrogen) atoms. The van der Waals surface area contributed by atoms with Crippen molar-refractivity contribution in [3.8, 4) is 0 Å². The van der Waals surface area contributed by atoms with E-state index in [4.69, 9.17) is 9.47 Å². The van der Waals surface area contributed by atoms with E-state index in [9.17, 15) is 0 Å². The van der Waals surface area contributed by atoms with Gasteiger partial charge in [0.1, 0.15) is 0 Å². The van der Waals surface area contributed by atoms with Crippen molar-refractivity contribution >= 4 is 15.9 Å². The number of nitrogens with zero attached hydrogens (tertiary/aromatic N) is 1. The van der Waals surface area contributed by atoms with Gasteiger partial charge in [-0.25, -0.2) is 0 Å². The fraction of sp³-hybridized carbons (Fsp3) is 1.00. The summed E-state index contributed by atoms with van der Waals surface area (Å²) in [5.74, 6) is 0. The summed E-state index contributed by atoms with van der Waals surface area (Å²) in [4.78, 5) is 2.86. The molecule has 1 atom stereocenters. The van der Waals surface area contributed by atoms with Gasteiger partial charge >= 0.3 is 0 Å². The Hall–Kier alpha value is 0.360. The van der Waals surface area contributed by atoms with E-state index in [-0.39, 0.29) is 0 Å². The first-order valence-corrected chi connectivity index (χ1v) is 5.97. The summed E-state index contributed by atoms with van der Waals surface area (Å²) in [6.07, 6.45) is 1.08. The number of ether oxygens (including phenoxy) is 2. The predicted octanol–water partition coefficient (Wildman–Crippen LogP) is 1.75. The quantitative estimate of drug-likeness (QED) is 0.470. The van der Waals surface area contributed by atoms with Gasteiger partial charge in [-0.15, -0.1) is 0 Å². The zero-order valence-corrected chi connectivity index (χ0v) is 11.0. The molecule has 0 fully saturated rings. The molecule has 0 aliphatic rings. The van der Waals surface area contributed by atoms with Crippen molar-refractivity contribution in [2.24, 2.45) is 0 Å². The fourth-order valence-electron chi connectivity index (χ4n) is 1.20. The van der Waals surface area contributed by atoms with Gasteiger partial charge in [-0.1, -0.05) is 22.9 Å². The Balaban J connectivity index is 3.10. The zero-order chi connectivity index (χ0) is 10.8. The second-order valence-electron chi connectivity index (χ2n) is 3.50. The Morgan fingerprint density at radius 2 is 2.00 bits per heavy atom. The predicted molar refractivity (Wildman–Crippen MR) is 63.2 cm³/mol. The topological polar surface area (TPSA) is 21.7 Å². The molecule has 0 heterocycles. The van der Waals surface area contributed by atoms with Crippen LogP contribution in [-0.2, 0) is 9.47 Å². The minimum Gasteiger partial charge on any atom is -0.382 e. The average molecular weight is 268 g/mol. The van der Waals surface area contributed by atoms with Crippen molar-refractivity contribution in [3.63, 3.8) is 0 Å². The molecule has 0 aromatic heterocycles. The number of hydrogen-bond acceptors (Lipinski definition) is 3. The van der Waals surface area contributed by atoms with Crippen molar-refractivity contribution in [2.45, 2.75) is 18.2 Å². The van der Waals surface area contributed by atoms with E-state index < -0.39 is 0 Å². The van der Waals surface area contributed by atoms with E-state index in [0.717, 1.165) is 26.1 Å². The number of halogens is 1. The third-order valence-corrected chi connectivity index (χ3v) is 2.11. The van der Waals surface area contributed by atoms with Crippen LogP contribution in [-0.4, -0.2) is 56.8 Å². The first kappa shape index (κ1) is 14.4. The Labute approximate surface area is 95.9 Å². The molecule has 0 bridgehead atoms. The van der Waals surface area contributed by atoms with Crippen LogP contribution < -0.4 is 0 Å². The maximum Gasteiger partial charge on any atom is 0.0700 e. The highest BCUT2D eigenvalue weighted by molar-refractivity contribution is 9.09. The molecule has 1 unspecified atom stereocenters. The van der Waals surface area contributed by atoms with Gasteiger partial charge in [-0.05, 0) is 13.5 Å². The second-order valence-corrected chi connectivity index (χ2v) is 5.06. The number of hydrogen-bond donors (Lipinski definition) is 0. The van der Waals surface area contributed by atoms with Gasteiger partial charge in [0.25, 0.3) is 0 Å². The summed E-state index contributed by atoms with van der Waals surface area (Å²) in [7, 11) is 3.82. The lowest BCUT2D eigenvalue weighted by atomic mass is 10.4. The maximum atomic E-state index is 5.37. The Morgan fingerprint density at radius 3 is 2.57 bits per heavy atom. The Bertz CT molecular complexity index is 123. The van der Waals surface area contributed by atoms with Crippen LogP contribution in [0.15, 0.2) is 0 Å². The largest absolute Gasteiger partial charge is 0.382 e. The number of alkyl halides is 1. The molecule has 4 heteroatoms. The molecule has 0 aromatic carbocycles. The molecule has 3 nitrogen and oxygen atoms in total. The van der Waals surface area contributed by atoms with Crippen molar-refractivity contribution in [1.29, 1.82) is 0 Å².